The van der Waals surface area contributed by atoms with Crippen LogP contribution in [0.3, 0.4) is 0 Å². The number of nitrogens with zero attached hydrogens (tertiary/aromatic N) is 1. The van der Waals surface area contributed by atoms with E-state index < -0.39 is 0 Å². The van der Waals surface area contributed by atoms with Crippen molar-refractivity contribution in [2.75, 3.05) is 5.32 Å². The molecule has 0 bridgehead atoms. The molecule has 1 amide bonds. The summed E-state index contributed by atoms with van der Waals surface area (Å²) in [5, 5.41) is 3.62. The molecule has 1 N–H and O–H groups in total. The molecule has 0 fully saturated rings. The van der Waals surface area contributed by atoms with Crippen LogP contribution in [0.4, 0.5) is 5.69 Å². The van der Waals surface area contributed by atoms with Crippen LogP contribution in [0.5, 0.6) is 0 Å². The summed E-state index contributed by atoms with van der Waals surface area (Å²) in [5.74, 6) is 0.250. The first-order valence-electron chi connectivity index (χ1n) is 6.86. The van der Waals surface area contributed by atoms with Crippen LogP contribution in [-0.2, 0) is 11.2 Å². The number of anilines is 1. The van der Waals surface area contributed by atoms with Gasteiger partial charge in [0.2, 0.25) is 11.8 Å². The van der Waals surface area contributed by atoms with Gasteiger partial charge in [-0.3, -0.25) is 4.79 Å². The quantitative estimate of drug-likeness (QED) is 0.735. The van der Waals surface area contributed by atoms with Crippen molar-refractivity contribution in [1.29, 1.82) is 0 Å². The topological polar surface area (TPSA) is 55.1 Å². The molecule has 6 heteroatoms. The van der Waals surface area contributed by atoms with Crippen LogP contribution in [0, 0.1) is 0 Å². The van der Waals surface area contributed by atoms with Gasteiger partial charge >= 0.3 is 0 Å². The molecule has 0 radical (unpaired) electrons. The smallest absolute Gasteiger partial charge is 0.230 e. The number of oxazole rings is 1. The maximum Gasteiger partial charge on any atom is 0.230 e. The van der Waals surface area contributed by atoms with Gasteiger partial charge in [0.1, 0.15) is 6.26 Å². The van der Waals surface area contributed by atoms with Crippen molar-refractivity contribution in [2.45, 2.75) is 6.42 Å². The minimum absolute atomic E-state index is 0.0925. The Bertz CT molecular complexity index is 832. The number of halogens is 2. The van der Waals surface area contributed by atoms with E-state index in [1.807, 2.05) is 30.3 Å². The highest BCUT2D eigenvalue weighted by Crippen LogP contribution is 2.25. The summed E-state index contributed by atoms with van der Waals surface area (Å²) >= 11 is 11.9. The van der Waals surface area contributed by atoms with Gasteiger partial charge in [0.25, 0.3) is 0 Å². The maximum absolute atomic E-state index is 12.1. The van der Waals surface area contributed by atoms with Gasteiger partial charge in [-0.25, -0.2) is 4.98 Å². The van der Waals surface area contributed by atoms with Crippen LogP contribution in [0.15, 0.2) is 59.2 Å². The van der Waals surface area contributed by atoms with Crippen molar-refractivity contribution >= 4 is 34.8 Å². The molecule has 2 aromatic carbocycles. The molecule has 116 valence electrons. The van der Waals surface area contributed by atoms with Crippen LogP contribution in [-0.4, -0.2) is 10.9 Å². The summed E-state index contributed by atoms with van der Waals surface area (Å²) in [5.41, 5.74) is 1.92. The minimum atomic E-state index is -0.234. The minimum Gasteiger partial charge on any atom is -0.444 e. The van der Waals surface area contributed by atoms with E-state index in [-0.39, 0.29) is 12.3 Å². The van der Waals surface area contributed by atoms with Gasteiger partial charge in [-0.1, -0.05) is 41.4 Å². The first-order valence-corrected chi connectivity index (χ1v) is 7.62. The van der Waals surface area contributed by atoms with Gasteiger partial charge in [-0.15, -0.1) is 0 Å². The van der Waals surface area contributed by atoms with E-state index in [9.17, 15) is 4.79 Å². The van der Waals surface area contributed by atoms with Gasteiger partial charge in [0, 0.05) is 10.6 Å². The molecule has 0 aliphatic heterocycles. The summed E-state index contributed by atoms with van der Waals surface area (Å²) < 4.78 is 5.41. The molecule has 0 unspecified atom stereocenters. The number of carbonyl (C=O) groups is 1. The molecule has 4 nitrogen and oxygen atoms in total. The number of nitrogens with one attached hydrogen (secondary N) is 1. The lowest BCUT2D eigenvalue weighted by Gasteiger charge is -2.06. The van der Waals surface area contributed by atoms with Crippen molar-refractivity contribution in [2.24, 2.45) is 0 Å². The van der Waals surface area contributed by atoms with Crippen LogP contribution >= 0.6 is 23.2 Å². The predicted octanol–water partition coefficient (Wildman–Crippen LogP) is 4.83. The molecule has 0 atom stereocenters. The highest BCUT2D eigenvalue weighted by atomic mass is 35.5. The molecule has 3 aromatic rings. The second kappa shape index (κ2) is 6.86. The molecular weight excluding hydrogens is 335 g/mol. The number of amides is 1. The summed E-state index contributed by atoms with van der Waals surface area (Å²) in [6.07, 6.45) is 1.57. The van der Waals surface area contributed by atoms with E-state index in [1.165, 1.54) is 6.26 Å². The predicted molar refractivity (Wildman–Crippen MR) is 90.7 cm³/mol. The zero-order chi connectivity index (χ0) is 16.2. The molecule has 0 saturated heterocycles. The van der Waals surface area contributed by atoms with E-state index in [0.717, 1.165) is 5.56 Å². The second-order valence-electron chi connectivity index (χ2n) is 4.86. The number of aromatic nitrogens is 1. The van der Waals surface area contributed by atoms with Gasteiger partial charge in [-0.05, 0) is 30.3 Å². The fraction of sp³-hybridized carbons (Fsp3) is 0.0588. The van der Waals surface area contributed by atoms with Gasteiger partial charge in [0.15, 0.2) is 0 Å². The van der Waals surface area contributed by atoms with E-state index in [2.05, 4.69) is 10.3 Å². The van der Waals surface area contributed by atoms with E-state index in [0.29, 0.717) is 27.3 Å². The lowest BCUT2D eigenvalue weighted by Crippen LogP contribution is -2.14. The Morgan fingerprint density at radius 2 is 1.91 bits per heavy atom. The number of rotatable bonds is 4. The zero-order valence-electron chi connectivity index (χ0n) is 11.9. The van der Waals surface area contributed by atoms with Gasteiger partial charge < -0.3 is 9.73 Å². The molecule has 1 aromatic heterocycles. The Kier molecular flexibility index (Phi) is 4.65. The zero-order valence-corrected chi connectivity index (χ0v) is 13.4. The largest absolute Gasteiger partial charge is 0.444 e. The fourth-order valence-corrected chi connectivity index (χ4v) is 2.51. The molecule has 1 heterocycles. The summed E-state index contributed by atoms with van der Waals surface area (Å²) in [4.78, 5) is 16.4. The average molecular weight is 347 g/mol. The third kappa shape index (κ3) is 3.92. The highest BCUT2D eigenvalue weighted by Gasteiger charge is 2.12. The van der Waals surface area contributed by atoms with Crippen molar-refractivity contribution in [1.82, 2.24) is 4.98 Å². The van der Waals surface area contributed by atoms with Crippen LogP contribution in [0.2, 0.25) is 10.0 Å². The Balaban J connectivity index is 1.68. The summed E-state index contributed by atoms with van der Waals surface area (Å²) in [6.45, 7) is 0. The Labute approximate surface area is 143 Å². The van der Waals surface area contributed by atoms with Crippen molar-refractivity contribution < 1.29 is 9.21 Å². The molecule has 0 aliphatic carbocycles. The molecule has 23 heavy (non-hydrogen) atoms. The Morgan fingerprint density at radius 3 is 2.65 bits per heavy atom. The normalized spacial score (nSPS) is 10.5. The fourth-order valence-electron chi connectivity index (χ4n) is 2.05. The van der Waals surface area contributed by atoms with E-state index >= 15 is 0 Å². The summed E-state index contributed by atoms with van der Waals surface area (Å²) in [7, 11) is 0. The van der Waals surface area contributed by atoms with E-state index in [1.54, 1.807) is 18.2 Å². The molecule has 0 spiro atoms. The highest BCUT2D eigenvalue weighted by molar-refractivity contribution is 6.36. The summed E-state index contributed by atoms with van der Waals surface area (Å²) in [6, 6.07) is 14.4. The van der Waals surface area contributed by atoms with Gasteiger partial charge in [-0.2, -0.15) is 0 Å². The SMILES string of the molecule is O=C(Cc1coc(-c2ccccc2)n1)Nc1ccc(Cl)cc1Cl. The monoisotopic (exact) mass is 346 g/mol. The first kappa shape index (κ1) is 15.6. The molecular formula is C17H12Cl2N2O2. The van der Waals surface area contributed by atoms with Crippen LogP contribution < -0.4 is 5.32 Å². The Hall–Kier alpha value is -2.30. The van der Waals surface area contributed by atoms with Crippen molar-refractivity contribution in [3.05, 3.63) is 70.5 Å². The lowest BCUT2D eigenvalue weighted by molar-refractivity contribution is -0.115. The average Bonchev–Trinajstić information content (AvgIpc) is 2.99. The van der Waals surface area contributed by atoms with Crippen LogP contribution in [0.25, 0.3) is 11.5 Å². The number of hydrogen-bond donors (Lipinski definition) is 1. The number of carbonyl (C=O) groups excluding carboxylic acids is 1. The van der Waals surface area contributed by atoms with Crippen LogP contribution in [0.1, 0.15) is 5.69 Å². The van der Waals surface area contributed by atoms with E-state index in [4.69, 9.17) is 27.6 Å². The Morgan fingerprint density at radius 1 is 1.13 bits per heavy atom. The molecule has 0 aliphatic rings. The van der Waals surface area contributed by atoms with Crippen molar-refractivity contribution in [3.8, 4) is 11.5 Å². The third-order valence-electron chi connectivity index (χ3n) is 3.12. The maximum atomic E-state index is 12.1. The van der Waals surface area contributed by atoms with Crippen molar-refractivity contribution in [3.63, 3.8) is 0 Å². The lowest BCUT2D eigenvalue weighted by atomic mass is 10.2. The third-order valence-corrected chi connectivity index (χ3v) is 3.67. The standard InChI is InChI=1S/C17H12Cl2N2O2/c18-12-6-7-15(14(19)8-12)21-16(22)9-13-10-23-17(20-13)11-4-2-1-3-5-11/h1-8,10H,9H2,(H,21,22). The second-order valence-corrected chi connectivity index (χ2v) is 5.70. The number of hydrogen-bond acceptors (Lipinski definition) is 3. The molecule has 0 saturated carbocycles. The number of benzene rings is 2. The van der Waals surface area contributed by atoms with Gasteiger partial charge in [0.05, 0.1) is 22.8 Å². The molecule has 3 rings (SSSR count). The first-order chi connectivity index (χ1) is 11.1.